The van der Waals surface area contributed by atoms with Crippen LogP contribution in [0, 0.1) is 6.92 Å². The lowest BCUT2D eigenvalue weighted by Gasteiger charge is -2.35. The molecule has 1 fully saturated rings. The van der Waals surface area contributed by atoms with Gasteiger partial charge in [0.05, 0.1) is 5.75 Å². The van der Waals surface area contributed by atoms with Gasteiger partial charge >= 0.3 is 6.09 Å². The van der Waals surface area contributed by atoms with Gasteiger partial charge in [-0.25, -0.2) is 13.2 Å². The number of benzene rings is 1. The van der Waals surface area contributed by atoms with Crippen LogP contribution in [0.5, 0.6) is 0 Å². The Balaban J connectivity index is 2.02. The van der Waals surface area contributed by atoms with Gasteiger partial charge in [-0.1, -0.05) is 36.2 Å². The quantitative estimate of drug-likeness (QED) is 0.848. The van der Waals surface area contributed by atoms with E-state index in [4.69, 9.17) is 4.74 Å². The lowest BCUT2D eigenvalue weighted by molar-refractivity contribution is 0.0512. The van der Waals surface area contributed by atoms with Crippen molar-refractivity contribution in [1.29, 1.82) is 0 Å². The molecule has 0 spiro atoms. The van der Waals surface area contributed by atoms with Gasteiger partial charge in [0.2, 0.25) is 10.0 Å². The third-order valence-electron chi connectivity index (χ3n) is 4.28. The van der Waals surface area contributed by atoms with E-state index in [1.807, 2.05) is 31.2 Å². The first kappa shape index (κ1) is 20.7. The van der Waals surface area contributed by atoms with Gasteiger partial charge in [-0.15, -0.1) is 0 Å². The molecule has 0 aliphatic carbocycles. The average Bonchev–Trinajstić information content (AvgIpc) is 2.53. The molecule has 0 saturated carbocycles. The van der Waals surface area contributed by atoms with Crippen LogP contribution in [-0.4, -0.2) is 43.5 Å². The van der Waals surface area contributed by atoms with Gasteiger partial charge in [0, 0.05) is 19.1 Å². The van der Waals surface area contributed by atoms with Crippen molar-refractivity contribution in [3.05, 3.63) is 35.4 Å². The minimum absolute atomic E-state index is 0.0176. The summed E-state index contributed by atoms with van der Waals surface area (Å²) >= 11 is 0. The molecule has 0 radical (unpaired) electrons. The monoisotopic (exact) mass is 382 g/mol. The number of nitrogens with one attached hydrogen (secondary N) is 1. The second kappa shape index (κ2) is 8.39. The summed E-state index contributed by atoms with van der Waals surface area (Å²) in [5, 5.41) is 2.72. The summed E-state index contributed by atoms with van der Waals surface area (Å²) in [6.07, 6.45) is 2.02. The highest BCUT2D eigenvalue weighted by atomic mass is 32.2. The minimum Gasteiger partial charge on any atom is -0.444 e. The molecule has 1 atom stereocenters. The first-order chi connectivity index (χ1) is 12.1. The smallest absolute Gasteiger partial charge is 0.407 e. The molecule has 1 aliphatic heterocycles. The molecule has 7 heteroatoms. The lowest BCUT2D eigenvalue weighted by Crippen LogP contribution is -2.50. The molecule has 146 valence electrons. The summed E-state index contributed by atoms with van der Waals surface area (Å²) in [5.74, 6) is -0.0176. The molecule has 2 rings (SSSR count). The topological polar surface area (TPSA) is 75.7 Å². The van der Waals surface area contributed by atoms with Crippen LogP contribution in [0.25, 0.3) is 0 Å². The van der Waals surface area contributed by atoms with E-state index in [0.29, 0.717) is 6.54 Å². The molecule has 1 N–H and O–H groups in total. The van der Waals surface area contributed by atoms with E-state index in [9.17, 15) is 13.2 Å². The molecule has 1 heterocycles. The number of aryl methyl sites for hydroxylation is 1. The van der Waals surface area contributed by atoms with Crippen molar-refractivity contribution >= 4 is 16.1 Å². The van der Waals surface area contributed by atoms with E-state index < -0.39 is 21.7 Å². The zero-order valence-corrected chi connectivity index (χ0v) is 16.9. The summed E-state index contributed by atoms with van der Waals surface area (Å²) in [6, 6.07) is 7.31. The van der Waals surface area contributed by atoms with Gasteiger partial charge in [0.15, 0.2) is 0 Å². The molecule has 6 nitrogen and oxygen atoms in total. The van der Waals surface area contributed by atoms with Crippen molar-refractivity contribution in [3.63, 3.8) is 0 Å². The van der Waals surface area contributed by atoms with Crippen molar-refractivity contribution < 1.29 is 17.9 Å². The van der Waals surface area contributed by atoms with Crippen molar-refractivity contribution in [1.82, 2.24) is 9.62 Å². The lowest BCUT2D eigenvalue weighted by atomic mass is 10.1. The minimum atomic E-state index is -3.44. The first-order valence-electron chi connectivity index (χ1n) is 9.09. The van der Waals surface area contributed by atoms with Crippen LogP contribution in [0.2, 0.25) is 0 Å². The fourth-order valence-electron chi connectivity index (χ4n) is 3.04. The number of piperidine rings is 1. The highest BCUT2D eigenvalue weighted by Crippen LogP contribution is 2.23. The fraction of sp³-hybridized carbons (Fsp3) is 0.632. The molecule has 1 unspecified atom stereocenters. The molecular formula is C19H30N2O4S. The normalized spacial score (nSPS) is 19.2. The van der Waals surface area contributed by atoms with Gasteiger partial charge in [-0.3, -0.25) is 0 Å². The van der Waals surface area contributed by atoms with Gasteiger partial charge < -0.3 is 10.1 Å². The second-order valence-electron chi connectivity index (χ2n) is 7.88. The van der Waals surface area contributed by atoms with Gasteiger partial charge in [0.1, 0.15) is 5.60 Å². The van der Waals surface area contributed by atoms with Crippen LogP contribution >= 0.6 is 0 Å². The number of carbonyl (C=O) groups is 1. The zero-order valence-electron chi connectivity index (χ0n) is 16.1. The maximum atomic E-state index is 12.9. The van der Waals surface area contributed by atoms with Crippen LogP contribution in [0.15, 0.2) is 24.3 Å². The number of hydrogen-bond acceptors (Lipinski definition) is 4. The molecule has 0 aromatic heterocycles. The zero-order chi connectivity index (χ0) is 19.4. The van der Waals surface area contributed by atoms with Crippen molar-refractivity contribution in [2.75, 3.05) is 13.1 Å². The molecular weight excluding hydrogens is 352 g/mol. The fourth-order valence-corrected chi connectivity index (χ4v) is 4.86. The Kier molecular flexibility index (Phi) is 6.69. The summed E-state index contributed by atoms with van der Waals surface area (Å²) in [4.78, 5) is 11.9. The Morgan fingerprint density at radius 1 is 1.23 bits per heavy atom. The molecule has 1 aromatic carbocycles. The van der Waals surface area contributed by atoms with E-state index in [-0.39, 0.29) is 18.3 Å². The number of ether oxygens (including phenoxy) is 1. The predicted molar refractivity (Wildman–Crippen MR) is 102 cm³/mol. The summed E-state index contributed by atoms with van der Waals surface area (Å²) in [6.45, 7) is 8.13. The Bertz CT molecular complexity index is 708. The largest absolute Gasteiger partial charge is 0.444 e. The Hall–Kier alpha value is -1.60. The van der Waals surface area contributed by atoms with Crippen LogP contribution in [-0.2, 0) is 20.5 Å². The number of sulfonamides is 1. The molecule has 26 heavy (non-hydrogen) atoms. The standard InChI is InChI=1S/C19H30N2O4S/c1-15-8-10-16(11-9-15)14-26(23,24)21-12-6-5-7-17(21)13-20-18(22)25-19(2,3)4/h8-11,17H,5-7,12-14H2,1-4H3,(H,20,22). The maximum absolute atomic E-state index is 12.9. The maximum Gasteiger partial charge on any atom is 0.407 e. The highest BCUT2D eigenvalue weighted by molar-refractivity contribution is 7.88. The van der Waals surface area contributed by atoms with Crippen LogP contribution in [0.4, 0.5) is 4.79 Å². The highest BCUT2D eigenvalue weighted by Gasteiger charge is 2.32. The molecule has 1 saturated heterocycles. The third kappa shape index (κ3) is 6.29. The second-order valence-corrected chi connectivity index (χ2v) is 9.81. The summed E-state index contributed by atoms with van der Waals surface area (Å²) in [5.41, 5.74) is 1.30. The van der Waals surface area contributed by atoms with E-state index in [1.54, 1.807) is 25.1 Å². The average molecular weight is 383 g/mol. The molecule has 1 aromatic rings. The number of rotatable bonds is 5. The van der Waals surface area contributed by atoms with E-state index in [1.165, 1.54) is 0 Å². The number of amides is 1. The van der Waals surface area contributed by atoms with E-state index >= 15 is 0 Å². The number of carbonyl (C=O) groups excluding carboxylic acids is 1. The van der Waals surface area contributed by atoms with Gasteiger partial charge in [-0.2, -0.15) is 4.31 Å². The number of alkyl carbamates (subject to hydrolysis) is 1. The van der Waals surface area contributed by atoms with Crippen LogP contribution < -0.4 is 5.32 Å². The predicted octanol–water partition coefficient (Wildman–Crippen LogP) is 3.20. The number of hydrogen-bond donors (Lipinski definition) is 1. The third-order valence-corrected chi connectivity index (χ3v) is 6.17. The summed E-state index contributed by atoms with van der Waals surface area (Å²) < 4.78 is 32.6. The van der Waals surface area contributed by atoms with Crippen LogP contribution in [0.3, 0.4) is 0 Å². The van der Waals surface area contributed by atoms with Crippen molar-refractivity contribution in [3.8, 4) is 0 Å². The Morgan fingerprint density at radius 2 is 1.88 bits per heavy atom. The van der Waals surface area contributed by atoms with Crippen LogP contribution in [0.1, 0.15) is 51.2 Å². The first-order valence-corrected chi connectivity index (χ1v) is 10.7. The number of nitrogens with zero attached hydrogens (tertiary/aromatic N) is 1. The summed E-state index contributed by atoms with van der Waals surface area (Å²) in [7, 11) is -3.44. The van der Waals surface area contributed by atoms with E-state index in [2.05, 4.69) is 5.32 Å². The van der Waals surface area contributed by atoms with Crippen molar-refractivity contribution in [2.24, 2.45) is 0 Å². The Labute approximate surface area is 157 Å². The Morgan fingerprint density at radius 3 is 2.50 bits per heavy atom. The van der Waals surface area contributed by atoms with Crippen molar-refractivity contribution in [2.45, 2.75) is 64.4 Å². The SMILES string of the molecule is Cc1ccc(CS(=O)(=O)N2CCCCC2CNC(=O)OC(C)(C)C)cc1. The van der Waals surface area contributed by atoms with E-state index in [0.717, 1.165) is 30.4 Å². The van der Waals surface area contributed by atoms with Gasteiger partial charge in [0.25, 0.3) is 0 Å². The molecule has 1 amide bonds. The molecule has 0 bridgehead atoms. The molecule has 1 aliphatic rings. The van der Waals surface area contributed by atoms with Gasteiger partial charge in [-0.05, 0) is 46.1 Å².